The Morgan fingerprint density at radius 1 is 1.21 bits per heavy atom. The van der Waals surface area contributed by atoms with Crippen molar-refractivity contribution in [3.63, 3.8) is 0 Å². The minimum absolute atomic E-state index is 0.0601. The van der Waals surface area contributed by atoms with Gasteiger partial charge < -0.3 is 9.80 Å². The first kappa shape index (κ1) is 17.0. The number of carbonyl (C=O) groups excluding carboxylic acids is 2. The number of carbonyl (C=O) groups is 2. The van der Waals surface area contributed by atoms with E-state index in [2.05, 4.69) is 6.07 Å². The van der Waals surface area contributed by atoms with Gasteiger partial charge in [0.1, 0.15) is 6.54 Å². The van der Waals surface area contributed by atoms with E-state index < -0.39 is 0 Å². The van der Waals surface area contributed by atoms with Crippen molar-refractivity contribution in [3.05, 3.63) is 51.7 Å². The highest BCUT2D eigenvalue weighted by molar-refractivity contribution is 7.09. The molecule has 1 fully saturated rings. The number of halogens is 1. The number of thiophene rings is 1. The van der Waals surface area contributed by atoms with E-state index in [0.717, 1.165) is 18.5 Å². The summed E-state index contributed by atoms with van der Waals surface area (Å²) in [6.07, 6.45) is 2.23. The molecule has 24 heavy (non-hydrogen) atoms. The Labute approximate surface area is 150 Å². The number of amides is 2. The average molecular weight is 363 g/mol. The van der Waals surface area contributed by atoms with Crippen LogP contribution in [0, 0.1) is 0 Å². The highest BCUT2D eigenvalue weighted by atomic mass is 35.5. The summed E-state index contributed by atoms with van der Waals surface area (Å²) in [5.74, 6) is 0.000716. The zero-order valence-electron chi connectivity index (χ0n) is 13.3. The number of hydrogen-bond donors (Lipinski definition) is 0. The van der Waals surface area contributed by atoms with Crippen LogP contribution in [-0.4, -0.2) is 36.3 Å². The minimum atomic E-state index is -0.0601. The number of anilines is 1. The Balaban J connectivity index is 1.51. The zero-order valence-corrected chi connectivity index (χ0v) is 14.9. The quantitative estimate of drug-likeness (QED) is 0.815. The third-order valence-corrected chi connectivity index (χ3v) is 5.26. The summed E-state index contributed by atoms with van der Waals surface area (Å²) in [5.41, 5.74) is 0.789. The molecule has 0 unspecified atom stereocenters. The van der Waals surface area contributed by atoms with Crippen LogP contribution in [0.2, 0.25) is 5.02 Å². The lowest BCUT2D eigenvalue weighted by Gasteiger charge is -2.34. The summed E-state index contributed by atoms with van der Waals surface area (Å²) in [6, 6.07) is 11.4. The average Bonchev–Trinajstić information content (AvgIpc) is 3.08. The summed E-state index contributed by atoms with van der Waals surface area (Å²) in [7, 11) is 0. The molecule has 0 saturated carbocycles. The van der Waals surface area contributed by atoms with Crippen LogP contribution in [0.25, 0.3) is 0 Å². The van der Waals surface area contributed by atoms with Gasteiger partial charge in [0, 0.05) is 35.1 Å². The van der Waals surface area contributed by atoms with Crippen LogP contribution in [0.4, 0.5) is 5.69 Å². The van der Waals surface area contributed by atoms with Crippen molar-refractivity contribution in [2.24, 2.45) is 0 Å². The van der Waals surface area contributed by atoms with E-state index in [9.17, 15) is 9.59 Å². The fourth-order valence-electron chi connectivity index (χ4n) is 2.83. The molecule has 1 aliphatic heterocycles. The Morgan fingerprint density at radius 3 is 2.79 bits per heavy atom. The molecule has 0 radical (unpaired) electrons. The number of rotatable bonds is 5. The SMILES string of the molecule is O=C(CCCc1cccs1)N1CCN(c2cccc(Cl)c2)C(=O)C1. The molecule has 6 heteroatoms. The van der Waals surface area contributed by atoms with Crippen LogP contribution < -0.4 is 4.90 Å². The van der Waals surface area contributed by atoms with Gasteiger partial charge in [0.05, 0.1) is 0 Å². The van der Waals surface area contributed by atoms with E-state index in [1.165, 1.54) is 4.88 Å². The zero-order chi connectivity index (χ0) is 16.9. The van der Waals surface area contributed by atoms with Gasteiger partial charge in [-0.3, -0.25) is 9.59 Å². The molecule has 4 nitrogen and oxygen atoms in total. The maximum atomic E-state index is 12.4. The van der Waals surface area contributed by atoms with Crippen LogP contribution >= 0.6 is 22.9 Å². The summed E-state index contributed by atoms with van der Waals surface area (Å²) in [6.45, 7) is 1.22. The van der Waals surface area contributed by atoms with Gasteiger partial charge in [-0.1, -0.05) is 23.7 Å². The lowest BCUT2D eigenvalue weighted by atomic mass is 10.1. The standard InChI is InChI=1S/C18H19ClN2O2S/c19-14-4-1-5-15(12-14)21-10-9-20(13-18(21)23)17(22)8-2-6-16-7-3-11-24-16/h1,3-5,7,11-12H,2,6,8-10,13H2. The molecule has 2 amide bonds. The van der Waals surface area contributed by atoms with Gasteiger partial charge in [0.25, 0.3) is 0 Å². The number of piperazine rings is 1. The van der Waals surface area contributed by atoms with Crippen LogP contribution in [0.15, 0.2) is 41.8 Å². The third kappa shape index (κ3) is 4.16. The monoisotopic (exact) mass is 362 g/mol. The summed E-state index contributed by atoms with van der Waals surface area (Å²) in [5, 5.41) is 2.65. The van der Waals surface area contributed by atoms with Crippen molar-refractivity contribution >= 4 is 40.4 Å². The predicted molar refractivity (Wildman–Crippen MR) is 97.6 cm³/mol. The highest BCUT2D eigenvalue weighted by Gasteiger charge is 2.27. The molecule has 1 saturated heterocycles. The lowest BCUT2D eigenvalue weighted by molar-refractivity contribution is -0.136. The van der Waals surface area contributed by atoms with Crippen molar-refractivity contribution in [1.82, 2.24) is 4.90 Å². The maximum absolute atomic E-state index is 12.4. The van der Waals surface area contributed by atoms with E-state index in [1.807, 2.05) is 23.6 Å². The van der Waals surface area contributed by atoms with E-state index >= 15 is 0 Å². The number of benzene rings is 1. The van der Waals surface area contributed by atoms with Crippen LogP contribution in [0.5, 0.6) is 0 Å². The summed E-state index contributed by atoms with van der Waals surface area (Å²) in [4.78, 5) is 29.3. The van der Waals surface area contributed by atoms with Gasteiger partial charge in [0.15, 0.2) is 0 Å². The molecule has 0 N–H and O–H groups in total. The first-order valence-electron chi connectivity index (χ1n) is 7.99. The maximum Gasteiger partial charge on any atom is 0.246 e. The molecule has 1 aromatic heterocycles. The van der Waals surface area contributed by atoms with Crippen LogP contribution in [0.1, 0.15) is 17.7 Å². The van der Waals surface area contributed by atoms with E-state index in [0.29, 0.717) is 24.5 Å². The van der Waals surface area contributed by atoms with E-state index in [-0.39, 0.29) is 18.4 Å². The molecular weight excluding hydrogens is 344 g/mol. The van der Waals surface area contributed by atoms with Gasteiger partial charge in [-0.05, 0) is 42.5 Å². The summed E-state index contributed by atoms with van der Waals surface area (Å²) >= 11 is 7.70. The molecule has 0 atom stereocenters. The molecule has 1 aromatic carbocycles. The number of aryl methyl sites for hydroxylation is 1. The third-order valence-electron chi connectivity index (χ3n) is 4.09. The van der Waals surface area contributed by atoms with Crippen molar-refractivity contribution in [1.29, 1.82) is 0 Å². The first-order chi connectivity index (χ1) is 11.6. The second kappa shape index (κ2) is 7.81. The van der Waals surface area contributed by atoms with Crippen molar-refractivity contribution in [2.45, 2.75) is 19.3 Å². The van der Waals surface area contributed by atoms with E-state index in [4.69, 9.17) is 11.6 Å². The van der Waals surface area contributed by atoms with Gasteiger partial charge in [-0.25, -0.2) is 0 Å². The summed E-state index contributed by atoms with van der Waals surface area (Å²) < 4.78 is 0. The molecule has 0 spiro atoms. The minimum Gasteiger partial charge on any atom is -0.332 e. The fraction of sp³-hybridized carbons (Fsp3) is 0.333. The molecule has 1 aliphatic rings. The molecule has 2 aromatic rings. The largest absolute Gasteiger partial charge is 0.332 e. The second-order valence-corrected chi connectivity index (χ2v) is 7.24. The highest BCUT2D eigenvalue weighted by Crippen LogP contribution is 2.22. The topological polar surface area (TPSA) is 40.6 Å². The number of hydrogen-bond acceptors (Lipinski definition) is 3. The molecule has 0 bridgehead atoms. The predicted octanol–water partition coefficient (Wildman–Crippen LogP) is 3.60. The Hall–Kier alpha value is -1.85. The van der Waals surface area contributed by atoms with E-state index in [1.54, 1.807) is 33.3 Å². The molecule has 126 valence electrons. The Bertz CT molecular complexity index is 718. The molecule has 2 heterocycles. The number of nitrogens with zero attached hydrogens (tertiary/aromatic N) is 2. The smallest absolute Gasteiger partial charge is 0.246 e. The lowest BCUT2D eigenvalue weighted by Crippen LogP contribution is -2.52. The van der Waals surface area contributed by atoms with Gasteiger partial charge in [-0.2, -0.15) is 0 Å². The normalized spacial score (nSPS) is 15.0. The fourth-order valence-corrected chi connectivity index (χ4v) is 3.77. The van der Waals surface area contributed by atoms with Gasteiger partial charge in [0.2, 0.25) is 11.8 Å². The Morgan fingerprint density at radius 2 is 2.08 bits per heavy atom. The molecular formula is C18H19ClN2O2S. The van der Waals surface area contributed by atoms with Gasteiger partial charge in [-0.15, -0.1) is 11.3 Å². The van der Waals surface area contributed by atoms with Gasteiger partial charge >= 0.3 is 0 Å². The van der Waals surface area contributed by atoms with Crippen LogP contribution in [-0.2, 0) is 16.0 Å². The van der Waals surface area contributed by atoms with Crippen molar-refractivity contribution in [2.75, 3.05) is 24.5 Å². The molecule has 0 aliphatic carbocycles. The van der Waals surface area contributed by atoms with Crippen molar-refractivity contribution in [3.8, 4) is 0 Å². The van der Waals surface area contributed by atoms with Crippen molar-refractivity contribution < 1.29 is 9.59 Å². The van der Waals surface area contributed by atoms with Crippen LogP contribution in [0.3, 0.4) is 0 Å². The Kier molecular flexibility index (Phi) is 5.53. The first-order valence-corrected chi connectivity index (χ1v) is 9.25. The molecule has 3 rings (SSSR count). The second-order valence-electron chi connectivity index (χ2n) is 5.77.